The van der Waals surface area contributed by atoms with E-state index in [0.29, 0.717) is 11.6 Å². The van der Waals surface area contributed by atoms with Gasteiger partial charge in [0.25, 0.3) is 0 Å². The van der Waals surface area contributed by atoms with E-state index in [-0.39, 0.29) is 12.2 Å². The molecule has 4 heteroatoms. The molecule has 16 heavy (non-hydrogen) atoms. The molecule has 88 valence electrons. The van der Waals surface area contributed by atoms with Crippen molar-refractivity contribution in [3.05, 3.63) is 34.9 Å². The predicted molar refractivity (Wildman–Crippen MR) is 64.5 cm³/mol. The standard InChI is InChI=1S/C12H16ClNO2/c1-9(2)16-12(15)14(3)8-10-5-4-6-11(13)7-10/h4-7,9H,8H2,1-3H3. The van der Waals surface area contributed by atoms with Gasteiger partial charge >= 0.3 is 6.09 Å². The zero-order valence-electron chi connectivity index (χ0n) is 9.74. The highest BCUT2D eigenvalue weighted by Gasteiger charge is 2.11. The first-order valence-corrected chi connectivity index (χ1v) is 5.53. The molecular formula is C12H16ClNO2. The Hall–Kier alpha value is -1.22. The van der Waals surface area contributed by atoms with Crippen LogP contribution in [0.5, 0.6) is 0 Å². The van der Waals surface area contributed by atoms with Crippen molar-refractivity contribution in [2.75, 3.05) is 7.05 Å². The Labute approximate surface area is 101 Å². The molecule has 0 radical (unpaired) electrons. The van der Waals surface area contributed by atoms with E-state index in [1.807, 2.05) is 32.0 Å². The fourth-order valence-electron chi connectivity index (χ4n) is 1.27. The minimum Gasteiger partial charge on any atom is -0.447 e. The summed E-state index contributed by atoms with van der Waals surface area (Å²) in [7, 11) is 1.70. The average molecular weight is 242 g/mol. The van der Waals surface area contributed by atoms with Crippen LogP contribution in [0.2, 0.25) is 5.02 Å². The molecule has 0 aliphatic carbocycles. The summed E-state index contributed by atoms with van der Waals surface area (Å²) in [5.41, 5.74) is 0.982. The molecule has 0 atom stereocenters. The summed E-state index contributed by atoms with van der Waals surface area (Å²) in [6, 6.07) is 7.42. The van der Waals surface area contributed by atoms with Gasteiger partial charge in [0.1, 0.15) is 0 Å². The second kappa shape index (κ2) is 5.75. The molecule has 1 amide bonds. The summed E-state index contributed by atoms with van der Waals surface area (Å²) in [5.74, 6) is 0. The molecule has 1 rings (SSSR count). The summed E-state index contributed by atoms with van der Waals surface area (Å²) >= 11 is 5.86. The Balaban J connectivity index is 2.57. The van der Waals surface area contributed by atoms with Crippen molar-refractivity contribution in [2.45, 2.75) is 26.5 Å². The minimum absolute atomic E-state index is 0.102. The van der Waals surface area contributed by atoms with Crippen LogP contribution in [0.15, 0.2) is 24.3 Å². The van der Waals surface area contributed by atoms with E-state index in [1.165, 1.54) is 4.90 Å². The van der Waals surface area contributed by atoms with Gasteiger partial charge in [-0.2, -0.15) is 0 Å². The van der Waals surface area contributed by atoms with Crippen LogP contribution in [-0.4, -0.2) is 24.1 Å². The summed E-state index contributed by atoms with van der Waals surface area (Å²) < 4.78 is 5.07. The van der Waals surface area contributed by atoms with E-state index < -0.39 is 0 Å². The summed E-state index contributed by atoms with van der Waals surface area (Å²) in [6.45, 7) is 4.14. The van der Waals surface area contributed by atoms with Crippen LogP contribution in [0.3, 0.4) is 0 Å². The molecule has 0 fully saturated rings. The van der Waals surface area contributed by atoms with Gasteiger partial charge < -0.3 is 9.64 Å². The molecule has 0 aromatic heterocycles. The van der Waals surface area contributed by atoms with Crippen LogP contribution in [0, 0.1) is 0 Å². The highest BCUT2D eigenvalue weighted by atomic mass is 35.5. The SMILES string of the molecule is CC(C)OC(=O)N(C)Cc1cccc(Cl)c1. The molecular weight excluding hydrogens is 226 g/mol. The quantitative estimate of drug-likeness (QED) is 0.813. The van der Waals surface area contributed by atoms with E-state index in [1.54, 1.807) is 13.1 Å². The third kappa shape index (κ3) is 4.11. The van der Waals surface area contributed by atoms with E-state index >= 15 is 0 Å². The second-order valence-electron chi connectivity index (χ2n) is 3.92. The molecule has 0 N–H and O–H groups in total. The van der Waals surface area contributed by atoms with Crippen LogP contribution in [0.4, 0.5) is 4.79 Å². The first-order chi connectivity index (χ1) is 7.49. The van der Waals surface area contributed by atoms with E-state index in [0.717, 1.165) is 5.56 Å². The molecule has 3 nitrogen and oxygen atoms in total. The van der Waals surface area contributed by atoms with Gasteiger partial charge in [-0.25, -0.2) is 4.79 Å². The molecule has 0 unspecified atom stereocenters. The third-order valence-electron chi connectivity index (χ3n) is 1.96. The third-order valence-corrected chi connectivity index (χ3v) is 2.19. The largest absolute Gasteiger partial charge is 0.447 e. The predicted octanol–water partition coefficient (Wildman–Crippen LogP) is 3.32. The van der Waals surface area contributed by atoms with Crippen molar-refractivity contribution in [3.63, 3.8) is 0 Å². The van der Waals surface area contributed by atoms with Gasteiger partial charge in [-0.3, -0.25) is 0 Å². The van der Waals surface area contributed by atoms with Crippen LogP contribution >= 0.6 is 11.6 Å². The highest BCUT2D eigenvalue weighted by Crippen LogP contribution is 2.12. The Morgan fingerprint density at radius 2 is 2.19 bits per heavy atom. The molecule has 0 aliphatic heterocycles. The molecule has 0 heterocycles. The van der Waals surface area contributed by atoms with Crippen LogP contribution in [0.25, 0.3) is 0 Å². The lowest BCUT2D eigenvalue weighted by Gasteiger charge is -2.18. The average Bonchev–Trinajstić information content (AvgIpc) is 2.16. The Morgan fingerprint density at radius 3 is 2.75 bits per heavy atom. The van der Waals surface area contributed by atoms with E-state index in [2.05, 4.69) is 0 Å². The maximum Gasteiger partial charge on any atom is 0.410 e. The fraction of sp³-hybridized carbons (Fsp3) is 0.417. The Bertz CT molecular complexity index is 366. The zero-order chi connectivity index (χ0) is 12.1. The lowest BCUT2D eigenvalue weighted by atomic mass is 10.2. The van der Waals surface area contributed by atoms with Gasteiger partial charge in [0.15, 0.2) is 0 Å². The molecule has 1 aromatic rings. The minimum atomic E-state index is -0.324. The fourth-order valence-corrected chi connectivity index (χ4v) is 1.48. The first-order valence-electron chi connectivity index (χ1n) is 5.15. The summed E-state index contributed by atoms with van der Waals surface area (Å²) in [4.78, 5) is 13.0. The van der Waals surface area contributed by atoms with Crippen molar-refractivity contribution in [1.82, 2.24) is 4.90 Å². The number of hydrogen-bond donors (Lipinski definition) is 0. The van der Waals surface area contributed by atoms with Gasteiger partial charge in [0, 0.05) is 18.6 Å². The zero-order valence-corrected chi connectivity index (χ0v) is 10.5. The van der Waals surface area contributed by atoms with Crippen molar-refractivity contribution in [2.24, 2.45) is 0 Å². The lowest BCUT2D eigenvalue weighted by Crippen LogP contribution is -2.29. The number of rotatable bonds is 3. The molecule has 1 aromatic carbocycles. The van der Waals surface area contributed by atoms with E-state index in [9.17, 15) is 4.79 Å². The first kappa shape index (κ1) is 12.8. The maximum atomic E-state index is 11.5. The summed E-state index contributed by atoms with van der Waals surface area (Å²) in [5, 5.41) is 0.670. The summed E-state index contributed by atoms with van der Waals surface area (Å²) in [6.07, 6.45) is -0.427. The number of hydrogen-bond acceptors (Lipinski definition) is 2. The lowest BCUT2D eigenvalue weighted by molar-refractivity contribution is 0.0822. The maximum absolute atomic E-state index is 11.5. The van der Waals surface area contributed by atoms with Crippen LogP contribution < -0.4 is 0 Å². The molecule has 0 aliphatic rings. The molecule has 0 saturated carbocycles. The van der Waals surface area contributed by atoms with Gasteiger partial charge in [0.2, 0.25) is 0 Å². The highest BCUT2D eigenvalue weighted by molar-refractivity contribution is 6.30. The monoisotopic (exact) mass is 241 g/mol. The van der Waals surface area contributed by atoms with Gasteiger partial charge in [-0.15, -0.1) is 0 Å². The Morgan fingerprint density at radius 1 is 1.50 bits per heavy atom. The van der Waals surface area contributed by atoms with Crippen LogP contribution in [0.1, 0.15) is 19.4 Å². The normalized spacial score (nSPS) is 10.3. The van der Waals surface area contributed by atoms with Gasteiger partial charge in [-0.1, -0.05) is 23.7 Å². The van der Waals surface area contributed by atoms with Gasteiger partial charge in [-0.05, 0) is 31.5 Å². The van der Waals surface area contributed by atoms with Crippen molar-refractivity contribution >= 4 is 17.7 Å². The number of carbonyl (C=O) groups is 1. The van der Waals surface area contributed by atoms with Crippen LogP contribution in [-0.2, 0) is 11.3 Å². The van der Waals surface area contributed by atoms with Crippen molar-refractivity contribution in [1.29, 1.82) is 0 Å². The number of halogens is 1. The second-order valence-corrected chi connectivity index (χ2v) is 4.35. The number of carbonyl (C=O) groups excluding carboxylic acids is 1. The van der Waals surface area contributed by atoms with E-state index in [4.69, 9.17) is 16.3 Å². The smallest absolute Gasteiger partial charge is 0.410 e. The molecule has 0 bridgehead atoms. The molecule has 0 saturated heterocycles. The number of amides is 1. The molecule has 0 spiro atoms. The van der Waals surface area contributed by atoms with Crippen molar-refractivity contribution < 1.29 is 9.53 Å². The topological polar surface area (TPSA) is 29.5 Å². The van der Waals surface area contributed by atoms with Crippen molar-refractivity contribution in [3.8, 4) is 0 Å². The number of nitrogens with zero attached hydrogens (tertiary/aromatic N) is 1. The number of benzene rings is 1. The number of ether oxygens (including phenoxy) is 1. The van der Waals surface area contributed by atoms with Gasteiger partial charge in [0.05, 0.1) is 6.10 Å². The Kier molecular flexibility index (Phi) is 4.62.